The first-order chi connectivity index (χ1) is 16.6. The third kappa shape index (κ3) is 4.61. The molecule has 0 saturated heterocycles. The molecule has 6 nitrogen and oxygen atoms in total. The molecular formula is C27H24N4O2S. The second-order valence-electron chi connectivity index (χ2n) is 8.02. The number of ether oxygens (including phenoxy) is 1. The zero-order valence-corrected chi connectivity index (χ0v) is 19.8. The van der Waals surface area contributed by atoms with E-state index in [2.05, 4.69) is 36.5 Å². The molecule has 1 amide bonds. The lowest BCUT2D eigenvalue weighted by atomic mass is 10.1. The van der Waals surface area contributed by atoms with E-state index in [0.29, 0.717) is 16.6 Å². The Bertz CT molecular complexity index is 1400. The normalized spacial score (nSPS) is 16.9. The first-order valence-electron chi connectivity index (χ1n) is 11.0. The Kier molecular flexibility index (Phi) is 6.18. The van der Waals surface area contributed by atoms with Crippen molar-refractivity contribution in [2.45, 2.75) is 18.8 Å². The fourth-order valence-electron chi connectivity index (χ4n) is 3.79. The molecule has 0 aliphatic carbocycles. The molecule has 3 aromatic carbocycles. The number of nitrogens with one attached hydrogen (secondary N) is 1. The Hall–Kier alpha value is -3.84. The molecule has 170 valence electrons. The third-order valence-corrected chi connectivity index (χ3v) is 6.55. The third-order valence-electron chi connectivity index (χ3n) is 5.62. The van der Waals surface area contributed by atoms with Gasteiger partial charge in [-0.2, -0.15) is 0 Å². The molecule has 1 N–H and O–H groups in total. The maximum Gasteiger partial charge on any atom is 0.276 e. The van der Waals surface area contributed by atoms with Gasteiger partial charge >= 0.3 is 0 Å². The van der Waals surface area contributed by atoms with Gasteiger partial charge in [0.1, 0.15) is 11.4 Å². The van der Waals surface area contributed by atoms with E-state index < -0.39 is 6.17 Å². The van der Waals surface area contributed by atoms with Crippen LogP contribution in [-0.4, -0.2) is 29.4 Å². The van der Waals surface area contributed by atoms with Gasteiger partial charge in [-0.3, -0.25) is 15.1 Å². The van der Waals surface area contributed by atoms with Crippen LogP contribution < -0.4 is 20.6 Å². The van der Waals surface area contributed by atoms with E-state index in [1.807, 2.05) is 60.7 Å². The molecule has 2 aliphatic rings. The van der Waals surface area contributed by atoms with E-state index in [-0.39, 0.29) is 5.91 Å². The number of para-hydroxylation sites is 1. The van der Waals surface area contributed by atoms with Crippen molar-refractivity contribution in [3.05, 3.63) is 106 Å². The number of aryl methyl sites for hydroxylation is 1. The Balaban J connectivity index is 1.47. The summed E-state index contributed by atoms with van der Waals surface area (Å²) in [6.07, 6.45) is 3.51. The van der Waals surface area contributed by atoms with Gasteiger partial charge in [-0.15, -0.1) is 5.10 Å². The molecule has 0 spiro atoms. The Morgan fingerprint density at radius 2 is 1.82 bits per heavy atom. The van der Waals surface area contributed by atoms with Gasteiger partial charge in [0, 0.05) is 11.0 Å². The summed E-state index contributed by atoms with van der Waals surface area (Å²) >= 11 is 1.50. The lowest BCUT2D eigenvalue weighted by Crippen LogP contribution is -2.52. The monoisotopic (exact) mass is 468 g/mol. The quantitative estimate of drug-likeness (QED) is 0.623. The summed E-state index contributed by atoms with van der Waals surface area (Å²) in [6, 6.07) is 23.8. The van der Waals surface area contributed by atoms with Gasteiger partial charge in [0.15, 0.2) is 11.3 Å². The van der Waals surface area contributed by atoms with Crippen molar-refractivity contribution >= 4 is 34.6 Å². The van der Waals surface area contributed by atoms with Crippen molar-refractivity contribution in [3.8, 4) is 5.75 Å². The zero-order chi connectivity index (χ0) is 23.5. The van der Waals surface area contributed by atoms with Crippen molar-refractivity contribution in [1.82, 2.24) is 10.3 Å². The molecule has 5 rings (SSSR count). The number of thioether (sulfide) groups is 1. The lowest BCUT2D eigenvalue weighted by molar-refractivity contribution is -0.116. The van der Waals surface area contributed by atoms with Crippen LogP contribution in [0.1, 0.15) is 16.7 Å². The number of hydrogen-bond donors (Lipinski definition) is 1. The van der Waals surface area contributed by atoms with Crippen molar-refractivity contribution in [2.24, 2.45) is 10.1 Å². The number of benzene rings is 3. The number of hydrogen-bond acceptors (Lipinski definition) is 6. The number of hydrazone groups is 1. The van der Waals surface area contributed by atoms with Crippen LogP contribution in [0, 0.1) is 6.92 Å². The lowest BCUT2D eigenvalue weighted by Gasteiger charge is -2.32. The van der Waals surface area contributed by atoms with Crippen LogP contribution in [0.15, 0.2) is 89.0 Å². The highest BCUT2D eigenvalue weighted by molar-refractivity contribution is 8.13. The highest BCUT2D eigenvalue weighted by Crippen LogP contribution is 2.24. The van der Waals surface area contributed by atoms with E-state index in [4.69, 9.17) is 14.8 Å². The molecule has 2 heterocycles. The average molecular weight is 469 g/mol. The maximum absolute atomic E-state index is 13.2. The van der Waals surface area contributed by atoms with Crippen molar-refractivity contribution in [1.29, 1.82) is 0 Å². The van der Waals surface area contributed by atoms with E-state index in [9.17, 15) is 4.79 Å². The van der Waals surface area contributed by atoms with Crippen LogP contribution in [0.2, 0.25) is 0 Å². The number of nitrogens with zero attached hydrogens (tertiary/aromatic N) is 3. The number of fused-ring (bicyclic) bond motifs is 2. The van der Waals surface area contributed by atoms with Crippen LogP contribution >= 0.6 is 11.8 Å². The molecule has 0 radical (unpaired) electrons. The van der Waals surface area contributed by atoms with Gasteiger partial charge in [0.2, 0.25) is 0 Å². The Labute approximate surface area is 202 Å². The molecule has 0 bridgehead atoms. The van der Waals surface area contributed by atoms with Crippen molar-refractivity contribution in [3.63, 3.8) is 0 Å². The minimum absolute atomic E-state index is 0.174. The molecule has 0 aromatic heterocycles. The molecule has 1 atom stereocenters. The zero-order valence-electron chi connectivity index (χ0n) is 18.9. The minimum atomic E-state index is -0.437. The summed E-state index contributed by atoms with van der Waals surface area (Å²) in [5.41, 5.74) is 3.91. The predicted molar refractivity (Wildman–Crippen MR) is 136 cm³/mol. The van der Waals surface area contributed by atoms with Gasteiger partial charge < -0.3 is 4.74 Å². The van der Waals surface area contributed by atoms with Gasteiger partial charge in [-0.1, -0.05) is 78.0 Å². The number of amidine groups is 1. The Morgan fingerprint density at radius 1 is 1.06 bits per heavy atom. The molecule has 2 aliphatic heterocycles. The average Bonchev–Trinajstić information content (AvgIpc) is 2.87. The van der Waals surface area contributed by atoms with E-state index in [1.54, 1.807) is 12.1 Å². The molecule has 0 saturated carbocycles. The van der Waals surface area contributed by atoms with E-state index in [1.165, 1.54) is 22.9 Å². The van der Waals surface area contributed by atoms with Gasteiger partial charge in [0.05, 0.1) is 12.5 Å². The molecule has 34 heavy (non-hydrogen) atoms. The minimum Gasteiger partial charge on any atom is -0.497 e. The number of carbonyl (C=O) groups is 1. The topological polar surface area (TPSA) is 66.3 Å². The number of amides is 1. The molecule has 0 unspecified atom stereocenters. The molecular weight excluding hydrogens is 444 g/mol. The fourth-order valence-corrected chi connectivity index (χ4v) is 4.60. The first kappa shape index (κ1) is 22.0. The summed E-state index contributed by atoms with van der Waals surface area (Å²) < 4.78 is 5.24. The van der Waals surface area contributed by atoms with Crippen LogP contribution in [-0.2, 0) is 10.5 Å². The number of carbonyl (C=O) groups excluding carboxylic acids is 1. The van der Waals surface area contributed by atoms with Crippen LogP contribution in [0.4, 0.5) is 0 Å². The highest BCUT2D eigenvalue weighted by Gasteiger charge is 2.32. The van der Waals surface area contributed by atoms with Crippen LogP contribution in [0.5, 0.6) is 5.75 Å². The van der Waals surface area contributed by atoms with Crippen LogP contribution in [0.3, 0.4) is 0 Å². The van der Waals surface area contributed by atoms with E-state index in [0.717, 1.165) is 21.9 Å². The first-order valence-corrected chi connectivity index (χ1v) is 12.0. The highest BCUT2D eigenvalue weighted by atomic mass is 32.2. The maximum atomic E-state index is 13.2. The van der Waals surface area contributed by atoms with Gasteiger partial charge in [0.25, 0.3) is 5.91 Å². The number of methoxy groups -OCH3 is 1. The number of rotatable bonds is 5. The van der Waals surface area contributed by atoms with Crippen LogP contribution in [0.25, 0.3) is 11.8 Å². The largest absolute Gasteiger partial charge is 0.497 e. The SMILES string of the molecule is COc1ccc(/C=C/[C@H]2N=c3ccccc3=C3C(=O)NC(SCc4ccc(C)cc4)=NN32)cc1. The van der Waals surface area contributed by atoms with Gasteiger partial charge in [-0.25, -0.2) is 5.01 Å². The van der Waals surface area contributed by atoms with Crippen molar-refractivity contribution < 1.29 is 9.53 Å². The smallest absolute Gasteiger partial charge is 0.276 e. The fraction of sp³-hybridized carbons (Fsp3) is 0.148. The second kappa shape index (κ2) is 9.57. The summed E-state index contributed by atoms with van der Waals surface area (Å²) in [6.45, 7) is 2.07. The van der Waals surface area contributed by atoms with Gasteiger partial charge in [-0.05, 0) is 42.3 Å². The Morgan fingerprint density at radius 3 is 2.59 bits per heavy atom. The second-order valence-corrected chi connectivity index (χ2v) is 8.98. The standard InChI is InChI=1S/C27H24N4O2S/c1-18-7-9-20(10-8-18)17-34-27-29-26(32)25-22-5-3-4-6-23(22)28-24(31(25)30-27)16-13-19-11-14-21(33-2)15-12-19/h3-16,24H,17H2,1-2H3,(H,29,30,32)/b16-13+/t24-/m0/s1. The van der Waals surface area contributed by atoms with E-state index >= 15 is 0 Å². The molecule has 7 heteroatoms. The predicted octanol–water partition coefficient (Wildman–Crippen LogP) is 3.42. The molecule has 0 fully saturated rings. The summed E-state index contributed by atoms with van der Waals surface area (Å²) in [4.78, 5) is 18.1. The summed E-state index contributed by atoms with van der Waals surface area (Å²) in [5, 5.41) is 11.6. The molecule has 3 aromatic rings. The summed E-state index contributed by atoms with van der Waals surface area (Å²) in [5.74, 6) is 1.34. The van der Waals surface area contributed by atoms with Crippen molar-refractivity contribution in [2.75, 3.05) is 7.11 Å². The summed E-state index contributed by atoms with van der Waals surface area (Å²) in [7, 11) is 1.65.